The molecule has 0 aliphatic carbocycles. The molecule has 0 radical (unpaired) electrons. The minimum Gasteiger partial charge on any atom is -0.366 e. The number of thiophene rings is 1. The van der Waals surface area contributed by atoms with Crippen LogP contribution in [0.5, 0.6) is 0 Å². The number of benzene rings is 1. The third-order valence-corrected chi connectivity index (χ3v) is 2.94. The molecule has 66 valence electrons. The van der Waals surface area contributed by atoms with Gasteiger partial charge in [0.25, 0.3) is 0 Å². The first-order valence-electron chi connectivity index (χ1n) is 3.96. The van der Waals surface area contributed by atoms with E-state index in [1.54, 1.807) is 11.3 Å². The van der Waals surface area contributed by atoms with Crippen LogP contribution >= 0.6 is 11.3 Å². The van der Waals surface area contributed by atoms with Crippen LogP contribution in [0.25, 0.3) is 10.1 Å². The van der Waals surface area contributed by atoms with Gasteiger partial charge in [0.15, 0.2) is 0 Å². The number of hydrogen-bond acceptors (Lipinski definition) is 2. The highest BCUT2D eigenvalue weighted by molar-refractivity contribution is 7.17. The van der Waals surface area contributed by atoms with Crippen molar-refractivity contribution in [2.24, 2.45) is 5.73 Å². The molecule has 0 atom stereocenters. The molecule has 0 saturated carbocycles. The molecule has 2 nitrogen and oxygen atoms in total. The van der Waals surface area contributed by atoms with Crippen molar-refractivity contribution in [1.82, 2.24) is 0 Å². The van der Waals surface area contributed by atoms with E-state index < -0.39 is 0 Å². The van der Waals surface area contributed by atoms with Crippen LogP contribution in [0, 0.1) is 6.92 Å². The number of carbonyl (C=O) groups is 1. The van der Waals surface area contributed by atoms with Crippen LogP contribution in [0.3, 0.4) is 0 Å². The molecule has 2 N–H and O–H groups in total. The van der Waals surface area contributed by atoms with Gasteiger partial charge in [0, 0.05) is 15.5 Å². The molecule has 13 heavy (non-hydrogen) atoms. The molecule has 1 heterocycles. The van der Waals surface area contributed by atoms with Crippen molar-refractivity contribution in [3.05, 3.63) is 34.7 Å². The molecule has 1 aromatic carbocycles. The molecule has 1 amide bonds. The van der Waals surface area contributed by atoms with E-state index in [0.717, 1.165) is 10.1 Å². The van der Waals surface area contributed by atoms with Crippen molar-refractivity contribution in [2.75, 3.05) is 0 Å². The molecule has 0 spiro atoms. The first kappa shape index (κ1) is 8.26. The smallest absolute Gasteiger partial charge is 0.250 e. The van der Waals surface area contributed by atoms with E-state index in [0.29, 0.717) is 5.56 Å². The van der Waals surface area contributed by atoms with E-state index in [2.05, 4.69) is 6.07 Å². The number of aryl methyl sites for hydroxylation is 1. The Balaban J connectivity index is 2.76. The second kappa shape index (κ2) is 2.85. The standard InChI is InChI=1S/C10H9NOS/c1-6-2-3-7-8(10(11)12)5-13-9(7)4-6/h2-5H,1H3,(H2,11,12). The average molecular weight is 191 g/mol. The Morgan fingerprint density at radius 2 is 2.23 bits per heavy atom. The highest BCUT2D eigenvalue weighted by atomic mass is 32.1. The maximum atomic E-state index is 11.0. The number of fused-ring (bicyclic) bond motifs is 1. The number of hydrogen-bond donors (Lipinski definition) is 1. The first-order chi connectivity index (χ1) is 6.18. The molecular formula is C10H9NOS. The number of rotatable bonds is 1. The highest BCUT2D eigenvalue weighted by Crippen LogP contribution is 2.26. The van der Waals surface area contributed by atoms with Gasteiger partial charge in [0.1, 0.15) is 0 Å². The SMILES string of the molecule is Cc1ccc2c(C(N)=O)csc2c1. The molecule has 2 rings (SSSR count). The summed E-state index contributed by atoms with van der Waals surface area (Å²) in [5, 5.41) is 2.77. The normalized spacial score (nSPS) is 10.5. The van der Waals surface area contributed by atoms with Gasteiger partial charge >= 0.3 is 0 Å². The second-order valence-electron chi connectivity index (χ2n) is 3.01. The largest absolute Gasteiger partial charge is 0.366 e. The third kappa shape index (κ3) is 1.31. The van der Waals surface area contributed by atoms with Gasteiger partial charge in [-0.15, -0.1) is 11.3 Å². The van der Waals surface area contributed by atoms with Gasteiger partial charge in [-0.05, 0) is 18.6 Å². The van der Waals surface area contributed by atoms with Crippen molar-refractivity contribution in [1.29, 1.82) is 0 Å². The van der Waals surface area contributed by atoms with Crippen molar-refractivity contribution in [2.45, 2.75) is 6.92 Å². The summed E-state index contributed by atoms with van der Waals surface area (Å²) in [6.45, 7) is 2.03. The van der Waals surface area contributed by atoms with E-state index >= 15 is 0 Å². The third-order valence-electron chi connectivity index (χ3n) is 2.00. The fraction of sp³-hybridized carbons (Fsp3) is 0.100. The van der Waals surface area contributed by atoms with Crippen LogP contribution in [-0.4, -0.2) is 5.91 Å². The van der Waals surface area contributed by atoms with Crippen LogP contribution < -0.4 is 5.73 Å². The maximum absolute atomic E-state index is 11.0. The van der Waals surface area contributed by atoms with Gasteiger partial charge in [0.05, 0.1) is 5.56 Å². The highest BCUT2D eigenvalue weighted by Gasteiger charge is 2.07. The van der Waals surface area contributed by atoms with Crippen LogP contribution in [0.4, 0.5) is 0 Å². The van der Waals surface area contributed by atoms with Crippen LogP contribution in [0.1, 0.15) is 15.9 Å². The lowest BCUT2D eigenvalue weighted by Gasteiger charge is -1.94. The molecule has 0 bridgehead atoms. The average Bonchev–Trinajstić information content (AvgIpc) is 2.46. The molecular weight excluding hydrogens is 182 g/mol. The fourth-order valence-corrected chi connectivity index (χ4v) is 2.37. The molecule has 0 unspecified atom stereocenters. The van der Waals surface area contributed by atoms with E-state index in [1.165, 1.54) is 5.56 Å². The van der Waals surface area contributed by atoms with Gasteiger partial charge in [-0.1, -0.05) is 12.1 Å². The topological polar surface area (TPSA) is 43.1 Å². The van der Waals surface area contributed by atoms with Gasteiger partial charge in [-0.25, -0.2) is 0 Å². The lowest BCUT2D eigenvalue weighted by molar-refractivity contribution is 0.100. The summed E-state index contributed by atoms with van der Waals surface area (Å²) >= 11 is 1.56. The molecule has 3 heteroatoms. The summed E-state index contributed by atoms with van der Waals surface area (Å²) in [7, 11) is 0. The Bertz CT molecular complexity index is 473. The summed E-state index contributed by atoms with van der Waals surface area (Å²) in [5.74, 6) is -0.352. The van der Waals surface area contributed by atoms with Gasteiger partial charge < -0.3 is 5.73 Å². The Labute approximate surface area is 80.0 Å². The van der Waals surface area contributed by atoms with Gasteiger partial charge in [-0.2, -0.15) is 0 Å². The zero-order valence-electron chi connectivity index (χ0n) is 7.20. The molecule has 0 aliphatic heterocycles. The Morgan fingerprint density at radius 3 is 2.92 bits per heavy atom. The van der Waals surface area contributed by atoms with Gasteiger partial charge in [0.2, 0.25) is 5.91 Å². The maximum Gasteiger partial charge on any atom is 0.250 e. The quantitative estimate of drug-likeness (QED) is 0.738. The summed E-state index contributed by atoms with van der Waals surface area (Å²) in [6, 6.07) is 6.00. The number of primary amides is 1. The zero-order valence-corrected chi connectivity index (χ0v) is 8.02. The van der Waals surface area contributed by atoms with Crippen molar-refractivity contribution in [3.8, 4) is 0 Å². The zero-order chi connectivity index (χ0) is 9.42. The predicted molar refractivity (Wildman–Crippen MR) is 55.1 cm³/mol. The van der Waals surface area contributed by atoms with E-state index in [1.807, 2.05) is 24.4 Å². The van der Waals surface area contributed by atoms with Crippen LogP contribution in [-0.2, 0) is 0 Å². The number of nitrogens with two attached hydrogens (primary N) is 1. The van der Waals surface area contributed by atoms with Crippen LogP contribution in [0.15, 0.2) is 23.6 Å². The first-order valence-corrected chi connectivity index (χ1v) is 4.84. The minimum atomic E-state index is -0.352. The number of amides is 1. The molecule has 0 fully saturated rings. The summed E-state index contributed by atoms with van der Waals surface area (Å²) in [5.41, 5.74) is 7.05. The molecule has 2 aromatic rings. The number of carbonyl (C=O) groups excluding carboxylic acids is 1. The lowest BCUT2D eigenvalue weighted by atomic mass is 10.1. The minimum absolute atomic E-state index is 0.352. The molecule has 0 saturated heterocycles. The van der Waals surface area contributed by atoms with Gasteiger partial charge in [-0.3, -0.25) is 4.79 Å². The Hall–Kier alpha value is -1.35. The Kier molecular flexibility index (Phi) is 1.81. The summed E-state index contributed by atoms with van der Waals surface area (Å²) in [4.78, 5) is 11.0. The second-order valence-corrected chi connectivity index (χ2v) is 3.92. The summed E-state index contributed by atoms with van der Waals surface area (Å²) in [6.07, 6.45) is 0. The molecule has 0 aliphatic rings. The molecule has 1 aromatic heterocycles. The predicted octanol–water partition coefficient (Wildman–Crippen LogP) is 2.31. The van der Waals surface area contributed by atoms with E-state index in [-0.39, 0.29) is 5.91 Å². The van der Waals surface area contributed by atoms with Crippen molar-refractivity contribution < 1.29 is 4.79 Å². The van der Waals surface area contributed by atoms with E-state index in [4.69, 9.17) is 5.73 Å². The van der Waals surface area contributed by atoms with Crippen molar-refractivity contribution in [3.63, 3.8) is 0 Å². The summed E-state index contributed by atoms with van der Waals surface area (Å²) < 4.78 is 1.12. The fourth-order valence-electron chi connectivity index (χ4n) is 1.33. The lowest BCUT2D eigenvalue weighted by Crippen LogP contribution is -2.09. The van der Waals surface area contributed by atoms with Crippen molar-refractivity contribution >= 4 is 27.3 Å². The Morgan fingerprint density at radius 1 is 1.46 bits per heavy atom. The van der Waals surface area contributed by atoms with E-state index in [9.17, 15) is 4.79 Å². The van der Waals surface area contributed by atoms with Crippen LogP contribution in [0.2, 0.25) is 0 Å². The monoisotopic (exact) mass is 191 g/mol.